The third kappa shape index (κ3) is 3.94. The zero-order valence-corrected chi connectivity index (χ0v) is 15.4. The lowest BCUT2D eigenvalue weighted by Gasteiger charge is -2.52. The van der Waals surface area contributed by atoms with Crippen molar-refractivity contribution < 1.29 is 9.59 Å². The number of nitrogens with zero attached hydrogens (tertiary/aromatic N) is 1. The first-order valence-electron chi connectivity index (χ1n) is 9.24. The van der Waals surface area contributed by atoms with Gasteiger partial charge in [0.05, 0.1) is 5.92 Å². The van der Waals surface area contributed by atoms with Gasteiger partial charge in [-0.05, 0) is 39.2 Å². The molecule has 3 rings (SSSR count). The zero-order valence-electron chi connectivity index (χ0n) is 15.4. The van der Waals surface area contributed by atoms with Gasteiger partial charge in [-0.25, -0.2) is 0 Å². The normalized spacial score (nSPS) is 24.6. The van der Waals surface area contributed by atoms with E-state index in [0.29, 0.717) is 0 Å². The number of amides is 2. The Balaban J connectivity index is 1.83. The number of likely N-dealkylation sites (tertiary alicyclic amines) is 1. The highest BCUT2D eigenvalue weighted by molar-refractivity contribution is 5.94. The number of hydrogen-bond donors (Lipinski definition) is 1. The van der Waals surface area contributed by atoms with Crippen LogP contribution in [0.5, 0.6) is 0 Å². The summed E-state index contributed by atoms with van der Waals surface area (Å²) in [7, 11) is 0. The maximum Gasteiger partial charge on any atom is 0.247 e. The quantitative estimate of drug-likeness (QED) is 0.854. The predicted molar refractivity (Wildman–Crippen MR) is 99.8 cm³/mol. The van der Waals surface area contributed by atoms with Gasteiger partial charge < -0.3 is 10.2 Å². The minimum Gasteiger partial charge on any atom is -0.349 e. The Labute approximate surface area is 150 Å². The van der Waals surface area contributed by atoms with Gasteiger partial charge in [0.25, 0.3) is 0 Å². The van der Waals surface area contributed by atoms with Crippen molar-refractivity contribution in [2.45, 2.75) is 64.1 Å². The van der Waals surface area contributed by atoms with Crippen LogP contribution in [0, 0.1) is 5.92 Å². The first kappa shape index (κ1) is 17.7. The van der Waals surface area contributed by atoms with Crippen LogP contribution in [-0.4, -0.2) is 34.3 Å². The second kappa shape index (κ2) is 7.03. The zero-order chi connectivity index (χ0) is 18.0. The lowest BCUT2D eigenvalue weighted by Crippen LogP contribution is -2.68. The van der Waals surface area contributed by atoms with E-state index in [0.717, 1.165) is 31.2 Å². The van der Waals surface area contributed by atoms with Gasteiger partial charge in [0.2, 0.25) is 11.8 Å². The molecule has 1 saturated heterocycles. The highest BCUT2D eigenvalue weighted by Gasteiger charge is 2.51. The summed E-state index contributed by atoms with van der Waals surface area (Å²) in [6.45, 7) is 5.89. The standard InChI is InChI=1S/C21H28N2O2/c1-21(2,3)22-19(24)18(14-13-15-9-5-4-6-10-15)23-17-12-8-7-11-16(17)20(23)25/h4-6,9-10,13-14,16-18H,7-8,11-12H2,1-3H3,(H,22,24)/b14-13+/t16-,17+,18?/m1/s1. The molecular weight excluding hydrogens is 312 g/mol. The Morgan fingerprint density at radius 3 is 2.56 bits per heavy atom. The fraction of sp³-hybridized carbons (Fsp3) is 0.524. The number of benzene rings is 1. The van der Waals surface area contributed by atoms with Gasteiger partial charge in [-0.1, -0.05) is 55.3 Å². The monoisotopic (exact) mass is 340 g/mol. The lowest BCUT2D eigenvalue weighted by molar-refractivity contribution is -0.166. The Hall–Kier alpha value is -2.10. The predicted octanol–water partition coefficient (Wildman–Crippen LogP) is 3.38. The Bertz CT molecular complexity index is 660. The molecule has 2 fully saturated rings. The number of carbonyl (C=O) groups excluding carboxylic acids is 2. The number of fused-ring (bicyclic) bond motifs is 1. The van der Waals surface area contributed by atoms with Crippen molar-refractivity contribution in [3.8, 4) is 0 Å². The molecule has 1 aliphatic heterocycles. The number of hydrogen-bond acceptors (Lipinski definition) is 2. The van der Waals surface area contributed by atoms with Gasteiger partial charge >= 0.3 is 0 Å². The van der Waals surface area contributed by atoms with Crippen LogP contribution in [-0.2, 0) is 9.59 Å². The van der Waals surface area contributed by atoms with Crippen molar-refractivity contribution in [3.05, 3.63) is 42.0 Å². The summed E-state index contributed by atoms with van der Waals surface area (Å²) in [4.78, 5) is 27.3. The molecule has 1 aromatic carbocycles. The largest absolute Gasteiger partial charge is 0.349 e. The van der Waals surface area contributed by atoms with Gasteiger partial charge in [0.15, 0.2) is 0 Å². The van der Waals surface area contributed by atoms with Crippen molar-refractivity contribution in [2.24, 2.45) is 5.92 Å². The summed E-state index contributed by atoms with van der Waals surface area (Å²) in [6.07, 6.45) is 8.06. The third-order valence-electron chi connectivity index (χ3n) is 5.00. The summed E-state index contributed by atoms with van der Waals surface area (Å²) in [6, 6.07) is 9.58. The van der Waals surface area contributed by atoms with Crippen LogP contribution in [0.2, 0.25) is 0 Å². The minimum absolute atomic E-state index is 0.0999. The van der Waals surface area contributed by atoms with E-state index in [2.05, 4.69) is 5.32 Å². The molecule has 3 atom stereocenters. The number of β-lactam (4-membered cyclic amide) rings is 1. The molecule has 1 saturated carbocycles. The number of rotatable bonds is 4. The van der Waals surface area contributed by atoms with E-state index in [1.54, 1.807) is 0 Å². The van der Waals surface area contributed by atoms with Gasteiger partial charge in [-0.15, -0.1) is 0 Å². The van der Waals surface area contributed by atoms with Crippen LogP contribution < -0.4 is 5.32 Å². The topological polar surface area (TPSA) is 49.4 Å². The van der Waals surface area contributed by atoms with Gasteiger partial charge in [0.1, 0.15) is 6.04 Å². The molecule has 1 aliphatic carbocycles. The fourth-order valence-corrected chi connectivity index (χ4v) is 3.86. The SMILES string of the molecule is CC(C)(C)NC(=O)C(/C=C/c1ccccc1)N1C(=O)[C@@H]2CCCC[C@@H]21. The van der Waals surface area contributed by atoms with Gasteiger partial charge in [-0.3, -0.25) is 9.59 Å². The molecule has 1 aromatic rings. The van der Waals surface area contributed by atoms with Crippen molar-refractivity contribution in [1.82, 2.24) is 10.2 Å². The molecule has 0 aromatic heterocycles. The molecule has 1 unspecified atom stereocenters. The van der Waals surface area contributed by atoms with Crippen molar-refractivity contribution in [3.63, 3.8) is 0 Å². The van der Waals surface area contributed by atoms with Crippen LogP contribution in [0.3, 0.4) is 0 Å². The summed E-state index contributed by atoms with van der Waals surface area (Å²) in [5, 5.41) is 3.04. The van der Waals surface area contributed by atoms with Gasteiger partial charge in [0, 0.05) is 11.6 Å². The molecule has 0 bridgehead atoms. The summed E-state index contributed by atoms with van der Waals surface area (Å²) >= 11 is 0. The molecular formula is C21H28N2O2. The van der Waals surface area contributed by atoms with E-state index >= 15 is 0 Å². The van der Waals surface area contributed by atoms with Crippen LogP contribution in [0.25, 0.3) is 6.08 Å². The van der Waals surface area contributed by atoms with Crippen LogP contribution >= 0.6 is 0 Å². The van der Waals surface area contributed by atoms with Crippen molar-refractivity contribution >= 4 is 17.9 Å². The van der Waals surface area contributed by atoms with Crippen molar-refractivity contribution in [2.75, 3.05) is 0 Å². The third-order valence-corrected chi connectivity index (χ3v) is 5.00. The Morgan fingerprint density at radius 1 is 1.20 bits per heavy atom. The molecule has 25 heavy (non-hydrogen) atoms. The first-order valence-corrected chi connectivity index (χ1v) is 9.24. The maximum atomic E-state index is 12.9. The number of carbonyl (C=O) groups is 2. The molecule has 1 heterocycles. The minimum atomic E-state index is -0.536. The summed E-state index contributed by atoms with van der Waals surface area (Å²) < 4.78 is 0. The van der Waals surface area contributed by atoms with Crippen molar-refractivity contribution in [1.29, 1.82) is 0 Å². The molecule has 0 radical (unpaired) electrons. The van der Waals surface area contributed by atoms with Crippen LogP contribution in [0.1, 0.15) is 52.0 Å². The van der Waals surface area contributed by atoms with E-state index in [1.807, 2.05) is 68.2 Å². The molecule has 4 nitrogen and oxygen atoms in total. The number of nitrogens with one attached hydrogen (secondary N) is 1. The second-order valence-corrected chi connectivity index (χ2v) is 8.16. The average Bonchev–Trinajstić information content (AvgIpc) is 2.57. The lowest BCUT2D eigenvalue weighted by atomic mass is 9.75. The second-order valence-electron chi connectivity index (χ2n) is 8.16. The van der Waals surface area contributed by atoms with E-state index in [9.17, 15) is 9.59 Å². The van der Waals surface area contributed by atoms with Crippen LogP contribution in [0.15, 0.2) is 36.4 Å². The average molecular weight is 340 g/mol. The highest BCUT2D eigenvalue weighted by atomic mass is 16.2. The van der Waals surface area contributed by atoms with Crippen LogP contribution in [0.4, 0.5) is 0 Å². The highest BCUT2D eigenvalue weighted by Crippen LogP contribution is 2.40. The van der Waals surface area contributed by atoms with E-state index in [4.69, 9.17) is 0 Å². The summed E-state index contributed by atoms with van der Waals surface area (Å²) in [5.41, 5.74) is 0.708. The molecule has 0 spiro atoms. The molecule has 2 aliphatic rings. The Kier molecular flexibility index (Phi) is 4.98. The van der Waals surface area contributed by atoms with E-state index < -0.39 is 6.04 Å². The summed E-state index contributed by atoms with van der Waals surface area (Å²) in [5.74, 6) is 0.164. The molecule has 4 heteroatoms. The van der Waals surface area contributed by atoms with E-state index in [1.165, 1.54) is 0 Å². The van der Waals surface area contributed by atoms with Gasteiger partial charge in [-0.2, -0.15) is 0 Å². The molecule has 2 amide bonds. The fourth-order valence-electron chi connectivity index (χ4n) is 3.86. The maximum absolute atomic E-state index is 12.9. The molecule has 1 N–H and O–H groups in total. The van der Waals surface area contributed by atoms with E-state index in [-0.39, 0.29) is 29.3 Å². The smallest absolute Gasteiger partial charge is 0.247 e. The Morgan fingerprint density at radius 2 is 1.88 bits per heavy atom. The first-order chi connectivity index (χ1) is 11.9. The molecule has 134 valence electrons.